The minimum Gasteiger partial charge on any atom is -0.384 e. The Hall–Kier alpha value is -1.46. The Bertz CT molecular complexity index is 539. The first-order chi connectivity index (χ1) is 8.93. The SMILES string of the molecule is Cc1ccccc1C1=C(N)N(C(=O)S)N(C(C)C)C1. The normalized spacial score (nSPS) is 16.6. The number of benzene rings is 1. The lowest BCUT2D eigenvalue weighted by molar-refractivity contribution is 0.0552. The van der Waals surface area contributed by atoms with Crippen LogP contribution >= 0.6 is 12.6 Å². The highest BCUT2D eigenvalue weighted by Gasteiger charge is 2.34. The van der Waals surface area contributed by atoms with E-state index in [4.69, 9.17) is 5.73 Å². The van der Waals surface area contributed by atoms with Gasteiger partial charge in [0.25, 0.3) is 5.24 Å². The fourth-order valence-corrected chi connectivity index (χ4v) is 2.56. The van der Waals surface area contributed by atoms with E-state index in [1.165, 1.54) is 5.01 Å². The van der Waals surface area contributed by atoms with Gasteiger partial charge in [-0.25, -0.2) is 10.0 Å². The van der Waals surface area contributed by atoms with E-state index in [-0.39, 0.29) is 11.3 Å². The molecule has 1 aromatic carbocycles. The van der Waals surface area contributed by atoms with Crippen LogP contribution in [-0.4, -0.2) is 27.8 Å². The van der Waals surface area contributed by atoms with E-state index in [1.807, 2.05) is 50.0 Å². The molecule has 0 bridgehead atoms. The molecule has 2 N–H and O–H groups in total. The number of thiol groups is 1. The van der Waals surface area contributed by atoms with Gasteiger partial charge in [0.05, 0.1) is 0 Å². The third kappa shape index (κ3) is 2.48. The summed E-state index contributed by atoms with van der Waals surface area (Å²) in [5.74, 6) is 0.475. The van der Waals surface area contributed by atoms with Gasteiger partial charge in [0.1, 0.15) is 5.82 Å². The van der Waals surface area contributed by atoms with E-state index in [1.54, 1.807) is 0 Å². The van der Waals surface area contributed by atoms with Crippen LogP contribution in [0.2, 0.25) is 0 Å². The molecule has 0 saturated heterocycles. The summed E-state index contributed by atoms with van der Waals surface area (Å²) in [6, 6.07) is 8.22. The third-order valence-electron chi connectivity index (χ3n) is 3.36. The van der Waals surface area contributed by atoms with Crippen molar-refractivity contribution < 1.29 is 4.79 Å². The molecule has 2 rings (SSSR count). The van der Waals surface area contributed by atoms with Gasteiger partial charge in [-0.15, -0.1) is 0 Å². The van der Waals surface area contributed by atoms with Crippen LogP contribution in [0, 0.1) is 6.92 Å². The molecule has 1 aromatic rings. The minimum absolute atomic E-state index is 0.177. The van der Waals surface area contributed by atoms with Crippen LogP contribution in [0.1, 0.15) is 25.0 Å². The van der Waals surface area contributed by atoms with Gasteiger partial charge in [-0.05, 0) is 31.9 Å². The molecule has 5 heteroatoms. The number of carbonyl (C=O) groups is 1. The molecule has 1 aliphatic heterocycles. The topological polar surface area (TPSA) is 49.6 Å². The number of nitrogens with two attached hydrogens (primary N) is 1. The Balaban J connectivity index is 2.47. The number of hydrazine groups is 1. The summed E-state index contributed by atoms with van der Waals surface area (Å²) in [5, 5.41) is 3.02. The molecule has 19 heavy (non-hydrogen) atoms. The summed E-state index contributed by atoms with van der Waals surface area (Å²) in [6.45, 7) is 6.72. The third-order valence-corrected chi connectivity index (χ3v) is 3.55. The Labute approximate surface area is 119 Å². The minimum atomic E-state index is -0.352. The molecular weight excluding hydrogens is 258 g/mol. The lowest BCUT2D eigenvalue weighted by Crippen LogP contribution is -2.44. The monoisotopic (exact) mass is 277 g/mol. The fraction of sp³-hybridized carbons (Fsp3) is 0.357. The van der Waals surface area contributed by atoms with Crippen LogP contribution in [0.15, 0.2) is 30.1 Å². The Morgan fingerprint density at radius 3 is 2.47 bits per heavy atom. The Kier molecular flexibility index (Phi) is 3.87. The molecule has 1 heterocycles. The van der Waals surface area contributed by atoms with Crippen LogP contribution in [0.5, 0.6) is 0 Å². The average molecular weight is 277 g/mol. The molecule has 102 valence electrons. The van der Waals surface area contributed by atoms with E-state index in [2.05, 4.69) is 12.6 Å². The lowest BCUT2D eigenvalue weighted by Gasteiger charge is -2.30. The van der Waals surface area contributed by atoms with Gasteiger partial charge >= 0.3 is 0 Å². The molecular formula is C14H19N3OS. The second-order valence-corrected chi connectivity index (χ2v) is 5.35. The molecule has 4 nitrogen and oxygen atoms in total. The molecule has 0 aliphatic carbocycles. The molecule has 1 amide bonds. The van der Waals surface area contributed by atoms with E-state index in [0.717, 1.165) is 16.7 Å². The van der Waals surface area contributed by atoms with Crippen molar-refractivity contribution in [2.24, 2.45) is 5.73 Å². The average Bonchev–Trinajstić information content (AvgIpc) is 2.68. The second-order valence-electron chi connectivity index (χ2n) is 4.96. The standard InChI is InChI=1S/C14H19N3OS/c1-9(2)16-8-12(13(15)17(16)14(18)19)11-7-5-4-6-10(11)3/h4-7,9H,8,15H2,1-3H3,(H,18,19). The molecule has 0 spiro atoms. The van der Waals surface area contributed by atoms with E-state index < -0.39 is 0 Å². The number of amides is 1. The predicted octanol–water partition coefficient (Wildman–Crippen LogP) is 2.61. The van der Waals surface area contributed by atoms with Crippen molar-refractivity contribution in [3.05, 3.63) is 41.2 Å². The Morgan fingerprint density at radius 2 is 2.00 bits per heavy atom. The van der Waals surface area contributed by atoms with Crippen molar-refractivity contribution in [2.75, 3.05) is 6.54 Å². The van der Waals surface area contributed by atoms with Crippen LogP contribution in [0.4, 0.5) is 4.79 Å². The van der Waals surface area contributed by atoms with Crippen LogP contribution in [-0.2, 0) is 0 Å². The van der Waals surface area contributed by atoms with Gasteiger partial charge in [0, 0.05) is 18.2 Å². The number of rotatable bonds is 2. The van der Waals surface area contributed by atoms with Crippen molar-refractivity contribution in [3.8, 4) is 0 Å². The predicted molar refractivity (Wildman–Crippen MR) is 80.3 cm³/mol. The van der Waals surface area contributed by atoms with Gasteiger partial charge in [-0.3, -0.25) is 4.79 Å². The molecule has 0 fully saturated rings. The quantitative estimate of drug-likeness (QED) is 0.817. The maximum atomic E-state index is 11.7. The first kappa shape index (κ1) is 14.0. The van der Waals surface area contributed by atoms with E-state index >= 15 is 0 Å². The summed E-state index contributed by atoms with van der Waals surface area (Å²) in [7, 11) is 0. The van der Waals surface area contributed by atoms with Gasteiger partial charge in [0.2, 0.25) is 0 Å². The van der Waals surface area contributed by atoms with Crippen LogP contribution < -0.4 is 5.73 Å². The fourth-order valence-electron chi connectivity index (χ4n) is 2.34. The first-order valence-electron chi connectivity index (χ1n) is 6.27. The maximum absolute atomic E-state index is 11.7. The molecule has 0 radical (unpaired) electrons. The summed E-state index contributed by atoms with van der Waals surface area (Å²) in [5.41, 5.74) is 9.36. The highest BCUT2D eigenvalue weighted by Crippen LogP contribution is 2.31. The van der Waals surface area contributed by atoms with Crippen molar-refractivity contribution >= 4 is 23.4 Å². The molecule has 0 unspecified atom stereocenters. The van der Waals surface area contributed by atoms with Gasteiger partial charge in [0.15, 0.2) is 0 Å². The second kappa shape index (κ2) is 5.27. The van der Waals surface area contributed by atoms with Gasteiger partial charge in [-0.2, -0.15) is 0 Å². The molecule has 0 atom stereocenters. The van der Waals surface area contributed by atoms with Crippen LogP contribution in [0.3, 0.4) is 0 Å². The highest BCUT2D eigenvalue weighted by atomic mass is 32.1. The number of hydrogen-bond donors (Lipinski definition) is 2. The van der Waals surface area contributed by atoms with Crippen molar-refractivity contribution in [2.45, 2.75) is 26.8 Å². The summed E-state index contributed by atoms with van der Waals surface area (Å²) >= 11 is 3.92. The van der Waals surface area contributed by atoms with Gasteiger partial charge < -0.3 is 5.73 Å². The number of carbonyl (C=O) groups excluding carboxylic acids is 1. The smallest absolute Gasteiger partial charge is 0.298 e. The van der Waals surface area contributed by atoms with E-state index in [0.29, 0.717) is 12.4 Å². The number of nitrogens with zero attached hydrogens (tertiary/aromatic N) is 2. The molecule has 1 aliphatic rings. The molecule has 0 saturated carbocycles. The zero-order valence-electron chi connectivity index (χ0n) is 11.4. The van der Waals surface area contributed by atoms with Crippen molar-refractivity contribution in [1.82, 2.24) is 10.0 Å². The number of aryl methyl sites for hydroxylation is 1. The summed E-state index contributed by atoms with van der Waals surface area (Å²) in [4.78, 5) is 11.7. The van der Waals surface area contributed by atoms with Crippen LogP contribution in [0.25, 0.3) is 5.57 Å². The maximum Gasteiger partial charge on any atom is 0.298 e. The van der Waals surface area contributed by atoms with Crippen molar-refractivity contribution in [3.63, 3.8) is 0 Å². The zero-order chi connectivity index (χ0) is 14.2. The number of hydrogen-bond acceptors (Lipinski definition) is 3. The van der Waals surface area contributed by atoms with Crippen molar-refractivity contribution in [1.29, 1.82) is 0 Å². The zero-order valence-corrected chi connectivity index (χ0v) is 12.3. The first-order valence-corrected chi connectivity index (χ1v) is 6.72. The summed E-state index contributed by atoms with van der Waals surface area (Å²) < 4.78 is 0. The van der Waals surface area contributed by atoms with E-state index in [9.17, 15) is 4.79 Å². The molecule has 0 aromatic heterocycles. The lowest BCUT2D eigenvalue weighted by atomic mass is 10.0. The largest absolute Gasteiger partial charge is 0.384 e. The van der Waals surface area contributed by atoms with Gasteiger partial charge in [-0.1, -0.05) is 36.9 Å². The highest BCUT2D eigenvalue weighted by molar-refractivity contribution is 7.96. The Morgan fingerprint density at radius 1 is 1.37 bits per heavy atom. The summed E-state index contributed by atoms with van der Waals surface area (Å²) in [6.07, 6.45) is 0.